The lowest BCUT2D eigenvalue weighted by Gasteiger charge is -2.57. The van der Waals surface area contributed by atoms with Crippen molar-refractivity contribution in [3.63, 3.8) is 0 Å². The average Bonchev–Trinajstić information content (AvgIpc) is 3.07. The van der Waals surface area contributed by atoms with Gasteiger partial charge in [0.05, 0.1) is 5.71 Å². The Balaban J connectivity index is 1.67. The van der Waals surface area contributed by atoms with Crippen molar-refractivity contribution in [3.05, 3.63) is 11.6 Å². The van der Waals surface area contributed by atoms with Crippen LogP contribution in [-0.4, -0.2) is 62.0 Å². The average molecular weight is 475 g/mol. The third kappa shape index (κ3) is 4.65. The molecule has 0 amide bonds. The summed E-state index contributed by atoms with van der Waals surface area (Å²) in [6, 6.07) is 0. The minimum atomic E-state index is -0.209. The van der Waals surface area contributed by atoms with Crippen LogP contribution in [-0.2, 0) is 23.9 Å². The van der Waals surface area contributed by atoms with E-state index in [1.807, 2.05) is 14.1 Å². The quantitative estimate of drug-likeness (QED) is 0.323. The Morgan fingerprint density at radius 1 is 1.03 bits per heavy atom. The number of hydrogen-bond acceptors (Lipinski definition) is 7. The molecule has 0 aromatic carbocycles. The Bertz CT molecular complexity index is 867. The molecule has 7 atom stereocenters. The summed E-state index contributed by atoms with van der Waals surface area (Å²) in [5.74, 6) is 0.776. The number of oxime groups is 1. The fraction of sp³-hybridized carbons (Fsp3) is 0.815. The number of rotatable bonds is 6. The van der Waals surface area contributed by atoms with E-state index in [4.69, 9.17) is 19.5 Å². The molecular weight excluding hydrogens is 432 g/mol. The Labute approximate surface area is 204 Å². The molecule has 7 nitrogen and oxygen atoms in total. The van der Waals surface area contributed by atoms with Crippen molar-refractivity contribution in [2.24, 2.45) is 33.7 Å². The van der Waals surface area contributed by atoms with Crippen molar-refractivity contribution in [1.29, 1.82) is 0 Å². The molecule has 4 aliphatic carbocycles. The first-order chi connectivity index (χ1) is 16.0. The van der Waals surface area contributed by atoms with Crippen LogP contribution in [0.25, 0.3) is 0 Å². The van der Waals surface area contributed by atoms with Gasteiger partial charge in [-0.15, -0.1) is 0 Å². The van der Waals surface area contributed by atoms with Crippen LogP contribution >= 0.6 is 0 Å². The van der Waals surface area contributed by atoms with E-state index in [-0.39, 0.29) is 40.9 Å². The number of hydrogen-bond donors (Lipinski definition) is 0. The van der Waals surface area contributed by atoms with Gasteiger partial charge in [-0.3, -0.25) is 9.59 Å². The number of fused-ring (bicyclic) bond motifs is 5. The van der Waals surface area contributed by atoms with Gasteiger partial charge in [-0.25, -0.2) is 0 Å². The first kappa shape index (κ1) is 25.2. The standard InChI is InChI=1S/C27H42N2O5/c1-17(30)33-20-9-11-26(3)19(15-20)16-23(28-32-14-13-29(5)6)25-21-7-8-24(34-18(2)31)27(21,4)12-10-22(25)26/h16,20-22,24-25H,7-15H2,1-6H3/b28-23+/t20-,21-,22-,24-,25-,26-,27-/m0/s1. The van der Waals surface area contributed by atoms with E-state index in [9.17, 15) is 9.59 Å². The fourth-order valence-electron chi connectivity index (χ4n) is 7.50. The van der Waals surface area contributed by atoms with Gasteiger partial charge in [0.25, 0.3) is 0 Å². The van der Waals surface area contributed by atoms with Gasteiger partial charge in [-0.1, -0.05) is 24.6 Å². The smallest absolute Gasteiger partial charge is 0.302 e. The summed E-state index contributed by atoms with van der Waals surface area (Å²) in [5.41, 5.74) is 2.41. The number of likely N-dealkylation sites (N-methyl/N-ethyl adjacent to an activating group) is 1. The monoisotopic (exact) mass is 474 g/mol. The van der Waals surface area contributed by atoms with E-state index >= 15 is 0 Å². The maximum absolute atomic E-state index is 11.8. The second kappa shape index (κ2) is 9.63. The molecule has 4 rings (SSSR count). The summed E-state index contributed by atoms with van der Waals surface area (Å²) >= 11 is 0. The van der Waals surface area contributed by atoms with Crippen LogP contribution in [0.3, 0.4) is 0 Å². The second-order valence-electron chi connectivity index (χ2n) is 11.7. The summed E-state index contributed by atoms with van der Waals surface area (Å²) < 4.78 is 11.4. The van der Waals surface area contributed by atoms with Crippen LogP contribution < -0.4 is 0 Å². The molecular formula is C27H42N2O5. The molecule has 0 radical (unpaired) electrons. The molecule has 3 fully saturated rings. The highest BCUT2D eigenvalue weighted by atomic mass is 16.6. The van der Waals surface area contributed by atoms with E-state index in [0.717, 1.165) is 57.2 Å². The van der Waals surface area contributed by atoms with Gasteiger partial charge in [0.15, 0.2) is 0 Å². The van der Waals surface area contributed by atoms with Gasteiger partial charge < -0.3 is 19.2 Å². The van der Waals surface area contributed by atoms with E-state index < -0.39 is 0 Å². The summed E-state index contributed by atoms with van der Waals surface area (Å²) in [6.07, 6.45) is 8.97. The predicted octanol–water partition coefficient (Wildman–Crippen LogP) is 4.36. The summed E-state index contributed by atoms with van der Waals surface area (Å²) in [7, 11) is 4.05. The van der Waals surface area contributed by atoms with Crippen molar-refractivity contribution >= 4 is 17.7 Å². The highest BCUT2D eigenvalue weighted by Gasteiger charge is 2.61. The van der Waals surface area contributed by atoms with E-state index in [2.05, 4.69) is 24.8 Å². The normalized spacial score (nSPS) is 40.1. The van der Waals surface area contributed by atoms with Crippen LogP contribution in [0.1, 0.15) is 72.6 Å². The van der Waals surface area contributed by atoms with Gasteiger partial charge in [0.2, 0.25) is 0 Å². The van der Waals surface area contributed by atoms with E-state index in [1.165, 1.54) is 19.4 Å². The number of esters is 2. The molecule has 3 saturated carbocycles. The van der Waals surface area contributed by atoms with Crippen molar-refractivity contribution < 1.29 is 23.9 Å². The lowest BCUT2D eigenvalue weighted by Crippen LogP contribution is -2.54. The molecule has 0 aromatic heterocycles. The highest BCUT2D eigenvalue weighted by Crippen LogP contribution is 2.64. The van der Waals surface area contributed by atoms with Crippen molar-refractivity contribution in [2.75, 3.05) is 27.2 Å². The van der Waals surface area contributed by atoms with Crippen LogP contribution in [0, 0.1) is 28.6 Å². The first-order valence-corrected chi connectivity index (χ1v) is 12.9. The van der Waals surface area contributed by atoms with Crippen LogP contribution in [0.15, 0.2) is 16.8 Å². The highest BCUT2D eigenvalue weighted by molar-refractivity contribution is 5.99. The molecule has 0 aliphatic heterocycles. The maximum atomic E-state index is 11.8. The van der Waals surface area contributed by atoms with E-state index in [1.54, 1.807) is 0 Å². The minimum absolute atomic E-state index is 0.0234. The largest absolute Gasteiger partial charge is 0.462 e. The lowest BCUT2D eigenvalue weighted by molar-refractivity contribution is -0.155. The molecule has 7 heteroatoms. The third-order valence-electron chi connectivity index (χ3n) is 9.27. The fourth-order valence-corrected chi connectivity index (χ4v) is 7.50. The van der Waals surface area contributed by atoms with E-state index in [0.29, 0.717) is 18.4 Å². The number of nitrogens with zero attached hydrogens (tertiary/aromatic N) is 2. The van der Waals surface area contributed by atoms with Crippen LogP contribution in [0.4, 0.5) is 0 Å². The van der Waals surface area contributed by atoms with Crippen LogP contribution in [0.2, 0.25) is 0 Å². The summed E-state index contributed by atoms with van der Waals surface area (Å²) in [5, 5.41) is 4.72. The van der Waals surface area contributed by atoms with Crippen molar-refractivity contribution in [2.45, 2.75) is 84.8 Å². The second-order valence-corrected chi connectivity index (χ2v) is 11.7. The summed E-state index contributed by atoms with van der Waals surface area (Å²) in [6.45, 7) is 9.09. The molecule has 190 valence electrons. The molecule has 0 spiro atoms. The molecule has 0 unspecified atom stereocenters. The Kier molecular flexibility index (Phi) is 7.14. The Morgan fingerprint density at radius 2 is 1.76 bits per heavy atom. The predicted molar refractivity (Wildman–Crippen MR) is 130 cm³/mol. The van der Waals surface area contributed by atoms with Crippen LogP contribution in [0.5, 0.6) is 0 Å². The maximum Gasteiger partial charge on any atom is 0.302 e. The number of allylic oxidation sites excluding steroid dienone is 1. The molecule has 34 heavy (non-hydrogen) atoms. The molecule has 0 aromatic rings. The Hall–Kier alpha value is -1.89. The molecule has 4 aliphatic rings. The number of ether oxygens (including phenoxy) is 2. The van der Waals surface area contributed by atoms with Gasteiger partial charge >= 0.3 is 11.9 Å². The lowest BCUT2D eigenvalue weighted by atomic mass is 9.47. The minimum Gasteiger partial charge on any atom is -0.462 e. The molecule has 0 N–H and O–H groups in total. The SMILES string of the molecule is CC(=O)O[C@H]1CC[C@@]2(C)C(=C/C(=N\OCCN(C)C)[C@H]3[C@@H]4CC[C@H](OC(C)=O)[C@@]4(C)CC[C@@H]32)C1. The molecule has 0 saturated heterocycles. The number of carbonyl (C=O) groups is 2. The van der Waals surface area contributed by atoms with Gasteiger partial charge in [-0.05, 0) is 75.9 Å². The van der Waals surface area contributed by atoms with Gasteiger partial charge in [0.1, 0.15) is 18.8 Å². The topological polar surface area (TPSA) is 77.4 Å². The molecule has 0 bridgehead atoms. The zero-order valence-corrected chi connectivity index (χ0v) is 21.8. The third-order valence-corrected chi connectivity index (χ3v) is 9.27. The zero-order valence-electron chi connectivity index (χ0n) is 21.8. The summed E-state index contributed by atoms with van der Waals surface area (Å²) in [4.78, 5) is 31.4. The van der Waals surface area contributed by atoms with Crippen molar-refractivity contribution in [1.82, 2.24) is 4.90 Å². The first-order valence-electron chi connectivity index (χ1n) is 12.9. The molecule has 0 heterocycles. The zero-order chi connectivity index (χ0) is 24.7. The Morgan fingerprint density at radius 3 is 2.44 bits per heavy atom. The van der Waals surface area contributed by atoms with Gasteiger partial charge in [-0.2, -0.15) is 0 Å². The van der Waals surface area contributed by atoms with Gasteiger partial charge in [0, 0.05) is 38.1 Å². The number of carbonyl (C=O) groups excluding carboxylic acids is 2. The van der Waals surface area contributed by atoms with Crippen molar-refractivity contribution in [3.8, 4) is 0 Å².